The molecule has 2 aromatic rings. The van der Waals surface area contributed by atoms with Crippen LogP contribution in [0, 0.1) is 0 Å². The molecule has 0 aliphatic carbocycles. The first-order valence-corrected chi connectivity index (χ1v) is 7.03. The molecule has 0 aromatic heterocycles. The van der Waals surface area contributed by atoms with Crippen LogP contribution in [0.25, 0.3) is 0 Å². The van der Waals surface area contributed by atoms with Crippen molar-refractivity contribution in [3.05, 3.63) is 59.7 Å². The Balaban J connectivity index is 1.94. The molecule has 1 atom stereocenters. The summed E-state index contributed by atoms with van der Waals surface area (Å²) in [6.45, 7) is 3.79. The summed E-state index contributed by atoms with van der Waals surface area (Å²) in [5.41, 5.74) is 3.48. The SMILES string of the molecule is CCc1ccc(NC(=O)Nc2ccc(C(C)O)cc2)cc1. The van der Waals surface area contributed by atoms with Gasteiger partial charge in [-0.15, -0.1) is 0 Å². The second kappa shape index (κ2) is 6.90. The summed E-state index contributed by atoms with van der Waals surface area (Å²) in [7, 11) is 0. The smallest absolute Gasteiger partial charge is 0.323 e. The van der Waals surface area contributed by atoms with Gasteiger partial charge in [0.25, 0.3) is 0 Å². The molecule has 4 nitrogen and oxygen atoms in total. The molecular formula is C17H20N2O2. The highest BCUT2D eigenvalue weighted by Crippen LogP contribution is 2.16. The van der Waals surface area contributed by atoms with Gasteiger partial charge in [0.05, 0.1) is 6.10 Å². The van der Waals surface area contributed by atoms with Gasteiger partial charge in [0.15, 0.2) is 0 Å². The average molecular weight is 284 g/mol. The van der Waals surface area contributed by atoms with E-state index in [0.717, 1.165) is 17.7 Å². The number of amides is 2. The van der Waals surface area contributed by atoms with Crippen LogP contribution in [0.2, 0.25) is 0 Å². The Morgan fingerprint density at radius 2 is 1.48 bits per heavy atom. The third kappa shape index (κ3) is 4.33. The number of hydrogen-bond donors (Lipinski definition) is 3. The molecule has 21 heavy (non-hydrogen) atoms. The first kappa shape index (κ1) is 15.1. The summed E-state index contributed by atoms with van der Waals surface area (Å²) < 4.78 is 0. The van der Waals surface area contributed by atoms with E-state index in [-0.39, 0.29) is 6.03 Å². The van der Waals surface area contributed by atoms with Crippen molar-refractivity contribution in [2.45, 2.75) is 26.4 Å². The molecule has 0 spiro atoms. The summed E-state index contributed by atoms with van der Waals surface area (Å²) >= 11 is 0. The summed E-state index contributed by atoms with van der Waals surface area (Å²) in [5.74, 6) is 0. The standard InChI is InChI=1S/C17H20N2O2/c1-3-13-4-8-15(9-5-13)18-17(21)19-16-10-6-14(7-11-16)12(2)20/h4-12,20H,3H2,1-2H3,(H2,18,19,21). The topological polar surface area (TPSA) is 61.4 Å². The Morgan fingerprint density at radius 3 is 1.90 bits per heavy atom. The highest BCUT2D eigenvalue weighted by atomic mass is 16.3. The maximum atomic E-state index is 11.9. The van der Waals surface area contributed by atoms with E-state index in [1.54, 1.807) is 31.2 Å². The number of carbonyl (C=O) groups excluding carboxylic acids is 1. The van der Waals surface area contributed by atoms with E-state index in [9.17, 15) is 9.90 Å². The lowest BCUT2D eigenvalue weighted by molar-refractivity contribution is 0.199. The molecule has 0 aliphatic rings. The van der Waals surface area contributed by atoms with Gasteiger partial charge < -0.3 is 15.7 Å². The molecule has 0 aliphatic heterocycles. The first-order valence-electron chi connectivity index (χ1n) is 7.03. The van der Waals surface area contributed by atoms with E-state index >= 15 is 0 Å². The number of carbonyl (C=O) groups is 1. The van der Waals surface area contributed by atoms with Gasteiger partial charge >= 0.3 is 6.03 Å². The number of aliphatic hydroxyl groups excluding tert-OH is 1. The van der Waals surface area contributed by atoms with Crippen molar-refractivity contribution in [1.82, 2.24) is 0 Å². The number of nitrogens with one attached hydrogen (secondary N) is 2. The highest BCUT2D eigenvalue weighted by molar-refractivity contribution is 5.99. The van der Waals surface area contributed by atoms with Crippen LogP contribution in [-0.4, -0.2) is 11.1 Å². The van der Waals surface area contributed by atoms with Crippen molar-refractivity contribution in [1.29, 1.82) is 0 Å². The fraction of sp³-hybridized carbons (Fsp3) is 0.235. The minimum Gasteiger partial charge on any atom is -0.389 e. The lowest BCUT2D eigenvalue weighted by Crippen LogP contribution is -2.19. The first-order chi connectivity index (χ1) is 10.1. The lowest BCUT2D eigenvalue weighted by atomic mass is 10.1. The molecule has 0 fully saturated rings. The van der Waals surface area contributed by atoms with E-state index in [4.69, 9.17) is 0 Å². The Hall–Kier alpha value is -2.33. The molecule has 0 bridgehead atoms. The quantitative estimate of drug-likeness (QED) is 0.796. The Kier molecular flexibility index (Phi) is 4.95. The van der Waals surface area contributed by atoms with Gasteiger partial charge in [0, 0.05) is 11.4 Å². The zero-order valence-corrected chi connectivity index (χ0v) is 12.3. The molecule has 2 amide bonds. The number of anilines is 2. The molecule has 0 heterocycles. The minimum absolute atomic E-state index is 0.288. The van der Waals surface area contributed by atoms with Gasteiger partial charge in [-0.05, 0) is 48.7 Å². The van der Waals surface area contributed by atoms with Crippen molar-refractivity contribution >= 4 is 17.4 Å². The van der Waals surface area contributed by atoms with E-state index in [1.807, 2.05) is 24.3 Å². The summed E-state index contributed by atoms with van der Waals surface area (Å²) in [6.07, 6.45) is 0.465. The van der Waals surface area contributed by atoms with Gasteiger partial charge in [-0.1, -0.05) is 31.2 Å². The van der Waals surface area contributed by atoms with Crippen molar-refractivity contribution in [2.75, 3.05) is 10.6 Å². The average Bonchev–Trinajstić information content (AvgIpc) is 2.48. The molecule has 2 aromatic carbocycles. The molecule has 4 heteroatoms. The molecule has 0 saturated heterocycles. The van der Waals surface area contributed by atoms with Crippen LogP contribution in [0.15, 0.2) is 48.5 Å². The van der Waals surface area contributed by atoms with Gasteiger partial charge in [-0.25, -0.2) is 4.79 Å². The van der Waals surface area contributed by atoms with Crippen molar-refractivity contribution in [2.24, 2.45) is 0 Å². The fourth-order valence-corrected chi connectivity index (χ4v) is 1.96. The van der Waals surface area contributed by atoms with E-state index in [2.05, 4.69) is 17.6 Å². The van der Waals surface area contributed by atoms with Gasteiger partial charge in [0.1, 0.15) is 0 Å². The van der Waals surface area contributed by atoms with Gasteiger partial charge in [0.2, 0.25) is 0 Å². The van der Waals surface area contributed by atoms with E-state index in [0.29, 0.717) is 5.69 Å². The Morgan fingerprint density at radius 1 is 1.00 bits per heavy atom. The van der Waals surface area contributed by atoms with E-state index < -0.39 is 6.10 Å². The number of benzene rings is 2. The number of aryl methyl sites for hydroxylation is 1. The van der Waals surface area contributed by atoms with Crippen molar-refractivity contribution in [3.63, 3.8) is 0 Å². The molecule has 110 valence electrons. The van der Waals surface area contributed by atoms with Crippen molar-refractivity contribution in [3.8, 4) is 0 Å². The molecule has 1 unspecified atom stereocenters. The van der Waals surface area contributed by atoms with E-state index in [1.165, 1.54) is 5.56 Å². The monoisotopic (exact) mass is 284 g/mol. The minimum atomic E-state index is -0.509. The third-order valence-corrected chi connectivity index (χ3v) is 3.27. The second-order valence-corrected chi connectivity index (χ2v) is 4.93. The van der Waals surface area contributed by atoms with Crippen LogP contribution < -0.4 is 10.6 Å². The maximum absolute atomic E-state index is 11.9. The Labute approximate surface area is 124 Å². The van der Waals surface area contributed by atoms with Crippen LogP contribution in [0.4, 0.5) is 16.2 Å². The number of urea groups is 1. The maximum Gasteiger partial charge on any atom is 0.323 e. The number of rotatable bonds is 4. The number of aliphatic hydroxyl groups is 1. The molecule has 0 radical (unpaired) electrons. The third-order valence-electron chi connectivity index (χ3n) is 3.27. The largest absolute Gasteiger partial charge is 0.389 e. The molecular weight excluding hydrogens is 264 g/mol. The van der Waals surface area contributed by atoms with Gasteiger partial charge in [-0.3, -0.25) is 0 Å². The zero-order chi connectivity index (χ0) is 15.2. The Bertz CT molecular complexity index is 589. The molecule has 3 N–H and O–H groups in total. The van der Waals surface area contributed by atoms with Crippen LogP contribution in [-0.2, 0) is 6.42 Å². The molecule has 2 rings (SSSR count). The molecule has 0 saturated carbocycles. The second-order valence-electron chi connectivity index (χ2n) is 4.93. The van der Waals surface area contributed by atoms with Crippen LogP contribution in [0.3, 0.4) is 0 Å². The summed E-state index contributed by atoms with van der Waals surface area (Å²) in [6, 6.07) is 14.6. The van der Waals surface area contributed by atoms with Crippen LogP contribution in [0.5, 0.6) is 0 Å². The zero-order valence-electron chi connectivity index (χ0n) is 12.3. The summed E-state index contributed by atoms with van der Waals surface area (Å²) in [5, 5.41) is 15.0. The fourth-order valence-electron chi connectivity index (χ4n) is 1.96. The highest BCUT2D eigenvalue weighted by Gasteiger charge is 2.04. The van der Waals surface area contributed by atoms with Crippen LogP contribution in [0.1, 0.15) is 31.1 Å². The summed E-state index contributed by atoms with van der Waals surface area (Å²) in [4.78, 5) is 11.9. The predicted octanol–water partition coefficient (Wildman–Crippen LogP) is 3.95. The van der Waals surface area contributed by atoms with Gasteiger partial charge in [-0.2, -0.15) is 0 Å². The predicted molar refractivity (Wildman–Crippen MR) is 85.5 cm³/mol. The number of hydrogen-bond acceptors (Lipinski definition) is 2. The lowest BCUT2D eigenvalue weighted by Gasteiger charge is -2.09. The van der Waals surface area contributed by atoms with Crippen molar-refractivity contribution < 1.29 is 9.90 Å². The normalized spacial score (nSPS) is 11.8. The van der Waals surface area contributed by atoms with Crippen LogP contribution >= 0.6 is 0 Å².